The van der Waals surface area contributed by atoms with E-state index >= 15 is 0 Å². The maximum Gasteiger partial charge on any atom is 0.189 e. The molecule has 0 aliphatic carbocycles. The van der Waals surface area contributed by atoms with Crippen LogP contribution in [0.25, 0.3) is 11.0 Å². The van der Waals surface area contributed by atoms with Crippen molar-refractivity contribution in [3.05, 3.63) is 24.0 Å². The maximum atomic E-state index is 4.38. The number of aryl methyl sites for hydroxylation is 1. The molecule has 0 N–H and O–H groups in total. The van der Waals surface area contributed by atoms with E-state index in [9.17, 15) is 0 Å². The van der Waals surface area contributed by atoms with Crippen molar-refractivity contribution in [3.8, 4) is 0 Å². The van der Waals surface area contributed by atoms with E-state index in [-0.39, 0.29) is 0 Å². The fourth-order valence-electron chi connectivity index (χ4n) is 1.16. The molecular formula is C10H10N3S. The van der Waals surface area contributed by atoms with Gasteiger partial charge in [0, 0.05) is 17.6 Å². The summed E-state index contributed by atoms with van der Waals surface area (Å²) >= 11 is 1.52. The van der Waals surface area contributed by atoms with Crippen LogP contribution in [0.3, 0.4) is 0 Å². The Hall–Kier alpha value is -1.16. The molecule has 0 saturated heterocycles. The zero-order chi connectivity index (χ0) is 9.97. The zero-order valence-corrected chi connectivity index (χ0v) is 8.93. The molecule has 0 aromatic carbocycles. The average Bonchev–Trinajstić information content (AvgIpc) is 2.27. The highest BCUT2D eigenvalue weighted by Crippen LogP contribution is 2.13. The largest absolute Gasteiger partial charge is 0.232 e. The molecule has 0 spiro atoms. The monoisotopic (exact) mass is 204 g/mol. The smallest absolute Gasteiger partial charge is 0.189 e. The molecule has 1 radical (unpaired) electrons. The number of thioether (sulfide) groups is 1. The summed E-state index contributed by atoms with van der Waals surface area (Å²) in [5.41, 5.74) is 1.71. The molecule has 0 unspecified atom stereocenters. The molecule has 0 fully saturated rings. The van der Waals surface area contributed by atoms with Crippen LogP contribution in [0.1, 0.15) is 12.6 Å². The van der Waals surface area contributed by atoms with Crippen LogP contribution < -0.4 is 0 Å². The van der Waals surface area contributed by atoms with E-state index in [1.807, 2.05) is 12.3 Å². The summed E-state index contributed by atoms with van der Waals surface area (Å²) in [6.45, 7) is 2.06. The second kappa shape index (κ2) is 3.92. The Morgan fingerprint density at radius 2 is 2.29 bits per heavy atom. The predicted octanol–water partition coefficient (Wildman–Crippen LogP) is 2.11. The van der Waals surface area contributed by atoms with Gasteiger partial charge in [0.1, 0.15) is 0 Å². The lowest BCUT2D eigenvalue weighted by Gasteiger charge is -2.00. The Kier molecular flexibility index (Phi) is 2.63. The van der Waals surface area contributed by atoms with Crippen LogP contribution in [0.2, 0.25) is 0 Å². The number of rotatable bonds is 2. The number of nitrogens with zero attached hydrogens (tertiary/aromatic N) is 3. The van der Waals surface area contributed by atoms with Crippen molar-refractivity contribution in [2.45, 2.75) is 18.5 Å². The van der Waals surface area contributed by atoms with Gasteiger partial charge in [-0.1, -0.05) is 18.7 Å². The molecule has 71 valence electrons. The Balaban J connectivity index is 2.60. The molecule has 2 heterocycles. The van der Waals surface area contributed by atoms with Crippen LogP contribution in [-0.4, -0.2) is 21.2 Å². The number of fused-ring (bicyclic) bond motifs is 1. The molecule has 0 atom stereocenters. The second-order valence-corrected chi connectivity index (χ2v) is 3.61. The summed E-state index contributed by atoms with van der Waals surface area (Å²) in [6.07, 6.45) is 4.63. The van der Waals surface area contributed by atoms with Gasteiger partial charge in [0.15, 0.2) is 10.8 Å². The summed E-state index contributed by atoms with van der Waals surface area (Å²) in [5.74, 6) is 0. The Bertz CT molecular complexity index is 417. The van der Waals surface area contributed by atoms with Crippen LogP contribution in [-0.2, 0) is 6.42 Å². The SMILES string of the molecule is CCc1[c]cc2cnc(SC)nc2n1. The number of aromatic nitrogens is 3. The van der Waals surface area contributed by atoms with Gasteiger partial charge in [0.05, 0.1) is 5.69 Å². The van der Waals surface area contributed by atoms with Gasteiger partial charge in [-0.05, 0) is 18.7 Å². The van der Waals surface area contributed by atoms with E-state index < -0.39 is 0 Å². The van der Waals surface area contributed by atoms with Crippen molar-refractivity contribution < 1.29 is 0 Å². The standard InChI is InChI=1S/C10H10N3S/c1-3-8-5-4-7-6-11-10(14-2)13-9(7)12-8/h4,6H,3H2,1-2H3. The van der Waals surface area contributed by atoms with Crippen molar-refractivity contribution in [3.63, 3.8) is 0 Å². The van der Waals surface area contributed by atoms with Crippen LogP contribution >= 0.6 is 11.8 Å². The third kappa shape index (κ3) is 1.70. The lowest BCUT2D eigenvalue weighted by atomic mass is 10.2. The summed E-state index contributed by atoms with van der Waals surface area (Å²) < 4.78 is 0. The highest BCUT2D eigenvalue weighted by atomic mass is 32.2. The van der Waals surface area contributed by atoms with E-state index in [1.165, 1.54) is 11.8 Å². The van der Waals surface area contributed by atoms with Crippen molar-refractivity contribution in [2.24, 2.45) is 0 Å². The van der Waals surface area contributed by atoms with Crippen molar-refractivity contribution >= 4 is 22.8 Å². The maximum absolute atomic E-state index is 4.38. The molecule has 2 aromatic rings. The summed E-state index contributed by atoms with van der Waals surface area (Å²) in [6, 6.07) is 4.99. The second-order valence-electron chi connectivity index (χ2n) is 2.84. The van der Waals surface area contributed by atoms with Crippen LogP contribution in [0.5, 0.6) is 0 Å². The van der Waals surface area contributed by atoms with Gasteiger partial charge in [0.2, 0.25) is 0 Å². The Labute approximate surface area is 87.0 Å². The van der Waals surface area contributed by atoms with Crippen molar-refractivity contribution in [2.75, 3.05) is 6.26 Å². The lowest BCUT2D eigenvalue weighted by Crippen LogP contribution is -1.93. The number of hydrogen-bond acceptors (Lipinski definition) is 4. The Morgan fingerprint density at radius 1 is 1.43 bits per heavy atom. The van der Waals surface area contributed by atoms with E-state index in [0.717, 1.165) is 28.3 Å². The molecular weight excluding hydrogens is 194 g/mol. The number of hydrogen-bond donors (Lipinski definition) is 0. The minimum absolute atomic E-state index is 0.762. The minimum Gasteiger partial charge on any atom is -0.232 e. The van der Waals surface area contributed by atoms with Gasteiger partial charge in [-0.15, -0.1) is 0 Å². The van der Waals surface area contributed by atoms with Crippen LogP contribution in [0, 0.1) is 6.07 Å². The molecule has 0 saturated carbocycles. The zero-order valence-electron chi connectivity index (χ0n) is 8.11. The molecule has 0 aliphatic rings. The van der Waals surface area contributed by atoms with Crippen LogP contribution in [0.15, 0.2) is 17.4 Å². The van der Waals surface area contributed by atoms with Crippen LogP contribution in [0.4, 0.5) is 0 Å². The van der Waals surface area contributed by atoms with E-state index in [1.54, 1.807) is 6.20 Å². The Morgan fingerprint density at radius 3 is 3.00 bits per heavy atom. The first-order valence-corrected chi connectivity index (χ1v) is 5.64. The predicted molar refractivity (Wildman–Crippen MR) is 57.3 cm³/mol. The third-order valence-corrected chi connectivity index (χ3v) is 2.49. The van der Waals surface area contributed by atoms with Gasteiger partial charge >= 0.3 is 0 Å². The van der Waals surface area contributed by atoms with E-state index in [4.69, 9.17) is 0 Å². The first kappa shape index (κ1) is 9.40. The number of pyridine rings is 1. The molecule has 0 bridgehead atoms. The van der Waals surface area contributed by atoms with Gasteiger partial charge in [-0.2, -0.15) is 0 Å². The fourth-order valence-corrected chi connectivity index (χ4v) is 1.49. The first-order chi connectivity index (χ1) is 6.83. The van der Waals surface area contributed by atoms with Gasteiger partial charge < -0.3 is 0 Å². The summed E-state index contributed by atoms with van der Waals surface area (Å²) in [7, 11) is 0. The molecule has 3 nitrogen and oxygen atoms in total. The van der Waals surface area contributed by atoms with E-state index in [0.29, 0.717) is 0 Å². The topological polar surface area (TPSA) is 38.7 Å². The molecule has 2 rings (SSSR count). The van der Waals surface area contributed by atoms with E-state index in [2.05, 4.69) is 27.9 Å². The first-order valence-electron chi connectivity index (χ1n) is 4.42. The minimum atomic E-state index is 0.762. The summed E-state index contributed by atoms with van der Waals surface area (Å²) in [4.78, 5) is 12.9. The highest BCUT2D eigenvalue weighted by molar-refractivity contribution is 7.98. The quantitative estimate of drug-likeness (QED) is 0.554. The van der Waals surface area contributed by atoms with Gasteiger partial charge in [-0.3, -0.25) is 0 Å². The van der Waals surface area contributed by atoms with Gasteiger partial charge in [0.25, 0.3) is 0 Å². The molecule has 2 aromatic heterocycles. The van der Waals surface area contributed by atoms with Crippen molar-refractivity contribution in [1.29, 1.82) is 0 Å². The lowest BCUT2D eigenvalue weighted by molar-refractivity contribution is 0.970. The third-order valence-electron chi connectivity index (χ3n) is 1.93. The van der Waals surface area contributed by atoms with Gasteiger partial charge in [-0.25, -0.2) is 15.0 Å². The fraction of sp³-hybridized carbons (Fsp3) is 0.300. The normalized spacial score (nSPS) is 10.7. The molecule has 0 amide bonds. The molecule has 4 heteroatoms. The van der Waals surface area contributed by atoms with Crippen molar-refractivity contribution in [1.82, 2.24) is 15.0 Å². The average molecular weight is 204 g/mol. The summed E-state index contributed by atoms with van der Waals surface area (Å²) in [5, 5.41) is 1.71. The highest BCUT2D eigenvalue weighted by Gasteiger charge is 2.00. The molecule has 14 heavy (non-hydrogen) atoms. The molecule has 0 aliphatic heterocycles.